The Hall–Kier alpha value is -3.10. The van der Waals surface area contributed by atoms with Crippen molar-refractivity contribution in [2.45, 2.75) is 19.5 Å². The van der Waals surface area contributed by atoms with E-state index in [9.17, 15) is 27.2 Å². The van der Waals surface area contributed by atoms with Gasteiger partial charge in [-0.25, -0.2) is 0 Å². The summed E-state index contributed by atoms with van der Waals surface area (Å²) in [4.78, 5) is 24.3. The highest BCUT2D eigenvalue weighted by Gasteiger charge is 2.44. The third kappa shape index (κ3) is 4.55. The molecule has 0 unspecified atom stereocenters. The Bertz CT molecular complexity index is 856. The van der Waals surface area contributed by atoms with Crippen LogP contribution in [0.4, 0.5) is 23.2 Å². The van der Waals surface area contributed by atoms with Gasteiger partial charge in [-0.1, -0.05) is 18.2 Å². The number of para-hydroxylation sites is 1. The van der Waals surface area contributed by atoms with E-state index in [1.807, 2.05) is 0 Å². The Morgan fingerprint density at radius 2 is 1.63 bits per heavy atom. The lowest BCUT2D eigenvalue weighted by molar-refractivity contribution is -0.253. The van der Waals surface area contributed by atoms with E-state index in [2.05, 4.69) is 15.4 Å². The highest BCUT2D eigenvalue weighted by atomic mass is 19.3. The molecule has 2 rings (SSSR count). The third-order valence-electron chi connectivity index (χ3n) is 3.69. The van der Waals surface area contributed by atoms with Gasteiger partial charge in [0.25, 0.3) is 11.8 Å². The molecule has 0 heterocycles. The number of hydrogen-bond donors (Lipinski definition) is 2. The summed E-state index contributed by atoms with van der Waals surface area (Å²) in [7, 11) is 1.45. The molecule has 27 heavy (non-hydrogen) atoms. The van der Waals surface area contributed by atoms with Gasteiger partial charge in [0, 0.05) is 18.3 Å². The van der Waals surface area contributed by atoms with Crippen LogP contribution in [0.25, 0.3) is 0 Å². The van der Waals surface area contributed by atoms with Crippen LogP contribution in [0.5, 0.6) is 5.75 Å². The van der Waals surface area contributed by atoms with Gasteiger partial charge in [-0.3, -0.25) is 9.59 Å². The Morgan fingerprint density at radius 3 is 2.26 bits per heavy atom. The standard InChI is InChI=1S/C18H16F4N2O3/c1-10-11(15(25)23-2)7-5-8-13(10)24-16(26)12-6-3-4-9-14(12)27-18(21,22)17(19)20/h3-9,17H,1-2H3,(H,23,25)(H,24,26). The van der Waals surface area contributed by atoms with Gasteiger partial charge in [-0.05, 0) is 36.8 Å². The quantitative estimate of drug-likeness (QED) is 0.744. The number of benzene rings is 2. The van der Waals surface area contributed by atoms with Gasteiger partial charge in [0.05, 0.1) is 5.56 Å². The minimum Gasteiger partial charge on any atom is -0.427 e. The van der Waals surface area contributed by atoms with Crippen LogP contribution in [0.1, 0.15) is 26.3 Å². The Balaban J connectivity index is 2.32. The summed E-state index contributed by atoms with van der Waals surface area (Å²) in [6.07, 6.45) is -8.80. The summed E-state index contributed by atoms with van der Waals surface area (Å²) in [5.41, 5.74) is 0.657. The number of ether oxygens (including phenoxy) is 1. The van der Waals surface area contributed by atoms with E-state index in [0.29, 0.717) is 11.1 Å². The molecule has 0 saturated carbocycles. The van der Waals surface area contributed by atoms with Crippen molar-refractivity contribution in [2.24, 2.45) is 0 Å². The molecule has 0 aliphatic carbocycles. The average molecular weight is 384 g/mol. The first-order valence-corrected chi connectivity index (χ1v) is 7.74. The normalized spacial score (nSPS) is 11.2. The second kappa shape index (κ2) is 8.07. The van der Waals surface area contributed by atoms with Crippen molar-refractivity contribution in [1.29, 1.82) is 0 Å². The Kier molecular flexibility index (Phi) is 6.04. The molecule has 2 amide bonds. The van der Waals surface area contributed by atoms with Gasteiger partial charge in [0.15, 0.2) is 0 Å². The first-order chi connectivity index (χ1) is 12.7. The Labute approximate surface area is 152 Å². The maximum absolute atomic E-state index is 13.2. The first kappa shape index (κ1) is 20.2. The molecule has 0 atom stereocenters. The van der Waals surface area contributed by atoms with E-state index in [1.54, 1.807) is 13.0 Å². The SMILES string of the molecule is CNC(=O)c1cccc(NC(=O)c2ccccc2OC(F)(F)C(F)F)c1C. The van der Waals surface area contributed by atoms with E-state index in [4.69, 9.17) is 0 Å². The maximum Gasteiger partial charge on any atom is 0.461 e. The van der Waals surface area contributed by atoms with Crippen LogP contribution < -0.4 is 15.4 Å². The van der Waals surface area contributed by atoms with Gasteiger partial charge in [0.1, 0.15) is 5.75 Å². The summed E-state index contributed by atoms with van der Waals surface area (Å²) in [6, 6.07) is 9.37. The summed E-state index contributed by atoms with van der Waals surface area (Å²) < 4.78 is 55.2. The number of nitrogens with one attached hydrogen (secondary N) is 2. The van der Waals surface area contributed by atoms with Crippen molar-refractivity contribution in [2.75, 3.05) is 12.4 Å². The highest BCUT2D eigenvalue weighted by Crippen LogP contribution is 2.30. The molecule has 0 aliphatic heterocycles. The van der Waals surface area contributed by atoms with Crippen LogP contribution in [0.15, 0.2) is 42.5 Å². The molecule has 0 fully saturated rings. The second-order valence-corrected chi connectivity index (χ2v) is 5.47. The molecule has 0 aromatic heterocycles. The van der Waals surface area contributed by atoms with Gasteiger partial charge in [-0.15, -0.1) is 0 Å². The number of carbonyl (C=O) groups is 2. The molecule has 5 nitrogen and oxygen atoms in total. The van der Waals surface area contributed by atoms with Gasteiger partial charge < -0.3 is 15.4 Å². The van der Waals surface area contributed by atoms with Crippen molar-refractivity contribution in [3.8, 4) is 5.75 Å². The largest absolute Gasteiger partial charge is 0.461 e. The molecule has 9 heteroatoms. The van der Waals surface area contributed by atoms with Crippen LogP contribution >= 0.6 is 0 Å². The predicted octanol–water partition coefficient (Wildman–Crippen LogP) is 3.84. The predicted molar refractivity (Wildman–Crippen MR) is 90.5 cm³/mol. The zero-order valence-corrected chi connectivity index (χ0v) is 14.4. The van der Waals surface area contributed by atoms with Gasteiger partial charge in [0.2, 0.25) is 0 Å². The third-order valence-corrected chi connectivity index (χ3v) is 3.69. The van der Waals surface area contributed by atoms with E-state index in [0.717, 1.165) is 12.1 Å². The van der Waals surface area contributed by atoms with Gasteiger partial charge in [-0.2, -0.15) is 17.6 Å². The minimum absolute atomic E-state index is 0.261. The average Bonchev–Trinajstić information content (AvgIpc) is 2.62. The number of amides is 2. The Morgan fingerprint density at radius 1 is 1.00 bits per heavy atom. The van der Waals surface area contributed by atoms with E-state index in [-0.39, 0.29) is 17.2 Å². The summed E-state index contributed by atoms with van der Waals surface area (Å²) >= 11 is 0. The summed E-state index contributed by atoms with van der Waals surface area (Å²) in [5, 5.41) is 4.92. The summed E-state index contributed by atoms with van der Waals surface area (Å²) in [6.45, 7) is 1.59. The maximum atomic E-state index is 13.2. The highest BCUT2D eigenvalue weighted by molar-refractivity contribution is 6.07. The molecule has 2 aromatic carbocycles. The van der Waals surface area contributed by atoms with Crippen molar-refractivity contribution < 1.29 is 31.9 Å². The number of rotatable bonds is 6. The molecule has 0 spiro atoms. The van der Waals surface area contributed by atoms with Crippen LogP contribution in [0, 0.1) is 6.92 Å². The minimum atomic E-state index is -4.74. The van der Waals surface area contributed by atoms with E-state index in [1.165, 1.54) is 31.3 Å². The molecule has 144 valence electrons. The van der Waals surface area contributed by atoms with E-state index < -0.39 is 24.2 Å². The molecule has 2 N–H and O–H groups in total. The first-order valence-electron chi connectivity index (χ1n) is 7.74. The van der Waals surface area contributed by atoms with Crippen LogP contribution in [0.2, 0.25) is 0 Å². The van der Waals surface area contributed by atoms with Crippen molar-refractivity contribution >= 4 is 17.5 Å². The lowest BCUT2D eigenvalue weighted by Gasteiger charge is -2.19. The fraction of sp³-hybridized carbons (Fsp3) is 0.222. The lowest BCUT2D eigenvalue weighted by Crippen LogP contribution is -2.34. The molecule has 0 bridgehead atoms. The smallest absolute Gasteiger partial charge is 0.427 e. The number of halogens is 4. The van der Waals surface area contributed by atoms with Crippen molar-refractivity contribution in [1.82, 2.24) is 5.32 Å². The number of alkyl halides is 4. The zero-order valence-electron chi connectivity index (χ0n) is 14.4. The fourth-order valence-electron chi connectivity index (χ4n) is 2.28. The van der Waals surface area contributed by atoms with Gasteiger partial charge >= 0.3 is 12.5 Å². The number of anilines is 1. The monoisotopic (exact) mass is 384 g/mol. The van der Waals surface area contributed by atoms with Crippen LogP contribution in [-0.4, -0.2) is 31.4 Å². The van der Waals surface area contributed by atoms with Crippen LogP contribution in [-0.2, 0) is 0 Å². The molecular weight excluding hydrogens is 368 g/mol. The topological polar surface area (TPSA) is 67.4 Å². The second-order valence-electron chi connectivity index (χ2n) is 5.47. The molecule has 0 saturated heterocycles. The number of carbonyl (C=O) groups excluding carboxylic acids is 2. The molecule has 2 aromatic rings. The molecule has 0 radical (unpaired) electrons. The number of hydrogen-bond acceptors (Lipinski definition) is 3. The molecule has 0 aliphatic rings. The fourth-order valence-corrected chi connectivity index (χ4v) is 2.28. The van der Waals surface area contributed by atoms with Crippen LogP contribution in [0.3, 0.4) is 0 Å². The van der Waals surface area contributed by atoms with Crippen molar-refractivity contribution in [3.05, 3.63) is 59.2 Å². The molecular formula is C18H16F4N2O3. The van der Waals surface area contributed by atoms with E-state index >= 15 is 0 Å². The lowest BCUT2D eigenvalue weighted by atomic mass is 10.1. The van der Waals surface area contributed by atoms with Crippen molar-refractivity contribution in [3.63, 3.8) is 0 Å². The zero-order chi connectivity index (χ0) is 20.2. The summed E-state index contributed by atoms with van der Waals surface area (Å²) in [5.74, 6) is -1.92.